The van der Waals surface area contributed by atoms with E-state index in [9.17, 15) is 15.0 Å². The summed E-state index contributed by atoms with van der Waals surface area (Å²) in [5.74, 6) is -0.292. The summed E-state index contributed by atoms with van der Waals surface area (Å²) in [6.45, 7) is 9.60. The minimum Gasteiger partial charge on any atom is -0.392 e. The zero-order valence-corrected chi connectivity index (χ0v) is 13.2. The molecule has 124 valence electrons. The van der Waals surface area contributed by atoms with Gasteiger partial charge in [0, 0.05) is 52.2 Å². The van der Waals surface area contributed by atoms with Gasteiger partial charge in [-0.15, -0.1) is 0 Å². The van der Waals surface area contributed by atoms with Gasteiger partial charge in [0.25, 0.3) is 0 Å². The second kappa shape index (κ2) is 9.32. The lowest BCUT2D eigenvalue weighted by Crippen LogP contribution is -2.51. The third kappa shape index (κ3) is 8.33. The molecule has 1 aliphatic heterocycles. The monoisotopic (exact) mass is 302 g/mol. The molecule has 0 aliphatic carbocycles. The van der Waals surface area contributed by atoms with Crippen LogP contribution in [0.25, 0.3) is 0 Å². The molecule has 1 heterocycles. The highest BCUT2D eigenvalue weighted by atomic mass is 16.3. The number of hydrogen-bond donors (Lipinski definition) is 3. The first-order chi connectivity index (χ1) is 9.86. The molecule has 1 amide bonds. The van der Waals surface area contributed by atoms with Crippen molar-refractivity contribution in [3.63, 3.8) is 0 Å². The van der Waals surface area contributed by atoms with Crippen LogP contribution < -0.4 is 5.73 Å². The second-order valence-corrected chi connectivity index (χ2v) is 6.05. The number of aliphatic hydroxyl groups is 2. The molecule has 0 aromatic heterocycles. The number of carbonyl (C=O) groups excluding carboxylic acids is 1. The van der Waals surface area contributed by atoms with Crippen LogP contribution in [0.1, 0.15) is 20.3 Å². The van der Waals surface area contributed by atoms with E-state index in [2.05, 4.69) is 14.7 Å². The van der Waals surface area contributed by atoms with E-state index in [-0.39, 0.29) is 18.1 Å². The number of nitrogens with two attached hydrogens (primary N) is 1. The number of β-amino-alcohol motifs (C(OH)–C–C–N with tert-alkyl or cyclic N) is 2. The van der Waals surface area contributed by atoms with E-state index < -0.39 is 0 Å². The van der Waals surface area contributed by atoms with Gasteiger partial charge in [0.1, 0.15) is 0 Å². The first kappa shape index (κ1) is 18.3. The second-order valence-electron chi connectivity index (χ2n) is 6.05. The van der Waals surface area contributed by atoms with Crippen molar-refractivity contribution in [1.82, 2.24) is 14.7 Å². The minimum absolute atomic E-state index is 0.292. The Balaban J connectivity index is 2.59. The van der Waals surface area contributed by atoms with E-state index in [0.717, 1.165) is 32.8 Å². The highest BCUT2D eigenvalue weighted by Gasteiger charge is 2.20. The number of rotatable bonds is 7. The summed E-state index contributed by atoms with van der Waals surface area (Å²) in [6.07, 6.45) is -0.389. The summed E-state index contributed by atoms with van der Waals surface area (Å²) < 4.78 is 0. The number of amides is 1. The lowest BCUT2D eigenvalue weighted by Gasteiger charge is -2.37. The van der Waals surface area contributed by atoms with Crippen LogP contribution >= 0.6 is 0 Å². The molecule has 0 saturated carbocycles. The zero-order chi connectivity index (χ0) is 15.8. The molecule has 4 N–H and O–H groups in total. The molecule has 1 aliphatic rings. The third-order valence-corrected chi connectivity index (χ3v) is 3.58. The van der Waals surface area contributed by atoms with Crippen LogP contribution in [0, 0.1) is 0 Å². The molecule has 7 heteroatoms. The molecule has 1 rings (SSSR count). The van der Waals surface area contributed by atoms with Gasteiger partial charge in [0.2, 0.25) is 5.91 Å². The van der Waals surface area contributed by atoms with Gasteiger partial charge >= 0.3 is 0 Å². The number of carbonyl (C=O) groups is 1. The Bertz CT molecular complexity index is 313. The van der Waals surface area contributed by atoms with Crippen molar-refractivity contribution in [2.75, 3.05) is 52.5 Å². The molecule has 7 nitrogen and oxygen atoms in total. The fraction of sp³-hybridized carbons (Fsp3) is 0.929. The Kier molecular flexibility index (Phi) is 8.13. The molecule has 21 heavy (non-hydrogen) atoms. The lowest BCUT2D eigenvalue weighted by atomic mass is 10.2. The summed E-state index contributed by atoms with van der Waals surface area (Å²) in [6, 6.07) is 0. The molecule has 0 aromatic rings. The standard InChI is InChI=1S/C14H30N4O3/c1-12(19)9-16-5-7-17(4-3-14(15)21)11-18(8-6-16)10-13(2)20/h12-13,19-20H,3-11H2,1-2H3,(H2,15,21)/t12-,13-/m0/s1. The van der Waals surface area contributed by atoms with Gasteiger partial charge in [-0.05, 0) is 13.8 Å². The fourth-order valence-corrected chi connectivity index (χ4v) is 2.63. The Morgan fingerprint density at radius 3 is 2.00 bits per heavy atom. The lowest BCUT2D eigenvalue weighted by molar-refractivity contribution is -0.118. The normalized spacial score (nSPS) is 22.5. The first-order valence-corrected chi connectivity index (χ1v) is 7.68. The largest absolute Gasteiger partial charge is 0.392 e. The number of nitrogens with zero attached hydrogens (tertiary/aromatic N) is 3. The quantitative estimate of drug-likeness (QED) is 0.530. The highest BCUT2D eigenvalue weighted by molar-refractivity contribution is 5.73. The van der Waals surface area contributed by atoms with E-state index in [0.29, 0.717) is 26.1 Å². The molecule has 1 fully saturated rings. The molecule has 0 radical (unpaired) electrons. The minimum atomic E-state index is -0.382. The molecule has 2 atom stereocenters. The molecular weight excluding hydrogens is 272 g/mol. The van der Waals surface area contributed by atoms with Crippen LogP contribution in [0.15, 0.2) is 0 Å². The topological polar surface area (TPSA) is 93.3 Å². The van der Waals surface area contributed by atoms with Crippen molar-refractivity contribution >= 4 is 5.91 Å². The van der Waals surface area contributed by atoms with Crippen molar-refractivity contribution in [2.45, 2.75) is 32.5 Å². The molecule has 0 spiro atoms. The maximum absolute atomic E-state index is 11.0. The summed E-state index contributed by atoms with van der Waals surface area (Å²) in [7, 11) is 0. The number of hydrogen-bond acceptors (Lipinski definition) is 6. The van der Waals surface area contributed by atoms with E-state index >= 15 is 0 Å². The van der Waals surface area contributed by atoms with Crippen LogP contribution in [0.2, 0.25) is 0 Å². The molecular formula is C14H30N4O3. The van der Waals surface area contributed by atoms with Crippen LogP contribution in [0.4, 0.5) is 0 Å². The Morgan fingerprint density at radius 1 is 1.00 bits per heavy atom. The maximum atomic E-state index is 11.0. The van der Waals surface area contributed by atoms with Gasteiger partial charge < -0.3 is 15.9 Å². The average molecular weight is 302 g/mol. The summed E-state index contributed by atoms with van der Waals surface area (Å²) in [5, 5.41) is 19.1. The van der Waals surface area contributed by atoms with Gasteiger partial charge in [0.15, 0.2) is 0 Å². The van der Waals surface area contributed by atoms with Crippen molar-refractivity contribution in [3.05, 3.63) is 0 Å². The van der Waals surface area contributed by atoms with Crippen molar-refractivity contribution in [1.29, 1.82) is 0 Å². The van der Waals surface area contributed by atoms with Gasteiger partial charge in [-0.1, -0.05) is 0 Å². The zero-order valence-electron chi connectivity index (χ0n) is 13.2. The molecule has 1 saturated heterocycles. The van der Waals surface area contributed by atoms with Gasteiger partial charge in [-0.3, -0.25) is 19.5 Å². The van der Waals surface area contributed by atoms with E-state index in [4.69, 9.17) is 5.73 Å². The predicted octanol–water partition coefficient (Wildman–Crippen LogP) is -1.50. The van der Waals surface area contributed by atoms with Gasteiger partial charge in [0.05, 0.1) is 18.9 Å². The van der Waals surface area contributed by atoms with E-state index in [1.807, 2.05) is 0 Å². The summed E-state index contributed by atoms with van der Waals surface area (Å²) in [5.41, 5.74) is 5.23. The number of primary amides is 1. The smallest absolute Gasteiger partial charge is 0.218 e. The number of aliphatic hydroxyl groups excluding tert-OH is 2. The Hall–Kier alpha value is -0.730. The maximum Gasteiger partial charge on any atom is 0.218 e. The van der Waals surface area contributed by atoms with Crippen molar-refractivity contribution in [2.24, 2.45) is 5.73 Å². The van der Waals surface area contributed by atoms with E-state index in [1.54, 1.807) is 13.8 Å². The fourth-order valence-electron chi connectivity index (χ4n) is 2.63. The van der Waals surface area contributed by atoms with Crippen LogP contribution in [-0.2, 0) is 4.79 Å². The van der Waals surface area contributed by atoms with Gasteiger partial charge in [-0.2, -0.15) is 0 Å². The van der Waals surface area contributed by atoms with Gasteiger partial charge in [-0.25, -0.2) is 0 Å². The summed E-state index contributed by atoms with van der Waals surface area (Å²) >= 11 is 0. The van der Waals surface area contributed by atoms with Crippen LogP contribution in [0.5, 0.6) is 0 Å². The summed E-state index contributed by atoms with van der Waals surface area (Å²) in [4.78, 5) is 17.5. The Labute approximate surface area is 127 Å². The van der Waals surface area contributed by atoms with Crippen LogP contribution in [0.3, 0.4) is 0 Å². The van der Waals surface area contributed by atoms with E-state index in [1.165, 1.54) is 0 Å². The van der Waals surface area contributed by atoms with Crippen molar-refractivity contribution < 1.29 is 15.0 Å². The average Bonchev–Trinajstić information content (AvgIpc) is 2.34. The first-order valence-electron chi connectivity index (χ1n) is 7.68. The third-order valence-electron chi connectivity index (χ3n) is 3.58. The Morgan fingerprint density at radius 2 is 1.48 bits per heavy atom. The SMILES string of the molecule is C[C@H](O)CN1CCN(CCC(N)=O)CN(C[C@H](C)O)CC1. The highest BCUT2D eigenvalue weighted by Crippen LogP contribution is 2.05. The van der Waals surface area contributed by atoms with Crippen molar-refractivity contribution in [3.8, 4) is 0 Å². The molecule has 0 aromatic carbocycles. The molecule has 0 bridgehead atoms. The van der Waals surface area contributed by atoms with Crippen LogP contribution in [-0.4, -0.2) is 95.5 Å². The molecule has 0 unspecified atom stereocenters. The predicted molar refractivity (Wildman–Crippen MR) is 81.6 cm³/mol.